The van der Waals surface area contributed by atoms with Gasteiger partial charge in [0.1, 0.15) is 0 Å². The van der Waals surface area contributed by atoms with E-state index < -0.39 is 10.0 Å². The zero-order chi connectivity index (χ0) is 17.9. The van der Waals surface area contributed by atoms with E-state index in [0.717, 1.165) is 24.8 Å². The molecule has 26 heavy (non-hydrogen) atoms. The molecule has 6 nitrogen and oxygen atoms in total. The predicted octanol–water partition coefficient (Wildman–Crippen LogP) is 3.73. The molecule has 1 aromatic carbocycles. The fourth-order valence-corrected chi connectivity index (χ4v) is 4.39. The van der Waals surface area contributed by atoms with Gasteiger partial charge in [-0.3, -0.25) is 4.79 Å². The number of nitrogens with two attached hydrogens (primary N) is 1. The molecule has 1 amide bonds. The van der Waals surface area contributed by atoms with Gasteiger partial charge in [-0.15, -0.1) is 11.3 Å². The summed E-state index contributed by atoms with van der Waals surface area (Å²) in [5.74, 6) is 0.0803. The number of nitrogens with one attached hydrogen (secondary N) is 1. The van der Waals surface area contributed by atoms with E-state index in [4.69, 9.17) is 5.14 Å². The minimum absolute atomic E-state index is 0. The summed E-state index contributed by atoms with van der Waals surface area (Å²) >= 11 is 1.37. The Morgan fingerprint density at radius 1 is 1.27 bits per heavy atom. The van der Waals surface area contributed by atoms with E-state index in [-0.39, 0.29) is 24.1 Å². The van der Waals surface area contributed by atoms with Crippen LogP contribution in [0.4, 0.5) is 5.13 Å². The number of carbonyl (C=O) groups excluding carboxylic acids is 1. The van der Waals surface area contributed by atoms with Gasteiger partial charge in [0.05, 0.1) is 10.8 Å². The summed E-state index contributed by atoms with van der Waals surface area (Å²) in [5.41, 5.74) is 0.799. The van der Waals surface area contributed by atoms with E-state index in [1.807, 2.05) is 5.38 Å². The molecular formula is C18H25N3O3S2. The standard InChI is InChI=1S/C17H21N3O3S2.CH4/c18-25(22,23)14-7-5-13(6-8-14)15(11-12-3-1-2-4-12)16(21)20-17-19-9-10-24-17;/h5-10,12,15H,1-4,11H2,(H2,18,22,23)(H,19,20,21);1H4. The maximum absolute atomic E-state index is 12.8. The third kappa shape index (κ3) is 5.12. The molecule has 0 radical (unpaired) electrons. The van der Waals surface area contributed by atoms with E-state index >= 15 is 0 Å². The quantitative estimate of drug-likeness (QED) is 0.778. The van der Waals surface area contributed by atoms with Crippen molar-refractivity contribution in [3.63, 3.8) is 0 Å². The first-order chi connectivity index (χ1) is 11.9. The molecule has 0 aliphatic heterocycles. The van der Waals surface area contributed by atoms with Crippen LogP contribution in [-0.4, -0.2) is 19.3 Å². The Bertz CT molecular complexity index is 812. The van der Waals surface area contributed by atoms with Gasteiger partial charge >= 0.3 is 0 Å². The molecule has 3 N–H and O–H groups in total. The van der Waals surface area contributed by atoms with Crippen molar-refractivity contribution in [2.75, 3.05) is 5.32 Å². The first-order valence-corrected chi connectivity index (χ1v) is 10.7. The van der Waals surface area contributed by atoms with Gasteiger partial charge in [0.15, 0.2) is 5.13 Å². The lowest BCUT2D eigenvalue weighted by Gasteiger charge is -2.20. The van der Waals surface area contributed by atoms with Crippen molar-refractivity contribution in [2.45, 2.75) is 50.3 Å². The zero-order valence-electron chi connectivity index (χ0n) is 13.7. The van der Waals surface area contributed by atoms with Crippen LogP contribution in [0.1, 0.15) is 51.0 Å². The summed E-state index contributed by atoms with van der Waals surface area (Å²) < 4.78 is 22.9. The van der Waals surface area contributed by atoms with Gasteiger partial charge in [0.2, 0.25) is 15.9 Å². The number of thiazole rings is 1. The lowest BCUT2D eigenvalue weighted by atomic mass is 9.87. The summed E-state index contributed by atoms with van der Waals surface area (Å²) in [4.78, 5) is 16.9. The van der Waals surface area contributed by atoms with Crippen LogP contribution in [0.5, 0.6) is 0 Å². The summed E-state index contributed by atoms with van der Waals surface area (Å²) in [6.07, 6.45) is 7.08. The van der Waals surface area contributed by atoms with Gasteiger partial charge in [0.25, 0.3) is 0 Å². The summed E-state index contributed by atoms with van der Waals surface area (Å²) in [7, 11) is -3.74. The molecule has 3 rings (SSSR count). The molecule has 0 saturated heterocycles. The fraction of sp³-hybridized carbons (Fsp3) is 0.444. The number of nitrogens with zero attached hydrogens (tertiary/aromatic N) is 1. The number of hydrogen-bond donors (Lipinski definition) is 2. The average molecular weight is 396 g/mol. The van der Waals surface area contributed by atoms with Gasteiger partial charge < -0.3 is 5.32 Å². The van der Waals surface area contributed by atoms with E-state index in [9.17, 15) is 13.2 Å². The molecule has 1 aliphatic rings. The Balaban J connectivity index is 0.00000243. The number of primary sulfonamides is 1. The third-order valence-electron chi connectivity index (χ3n) is 4.63. The van der Waals surface area contributed by atoms with Crippen LogP contribution < -0.4 is 10.5 Å². The first kappa shape index (κ1) is 20.5. The van der Waals surface area contributed by atoms with Crippen LogP contribution in [0.25, 0.3) is 0 Å². The summed E-state index contributed by atoms with van der Waals surface area (Å²) in [5, 5.41) is 10.4. The minimum Gasteiger partial charge on any atom is -0.301 e. The SMILES string of the molecule is C.NS(=O)(=O)c1ccc(C(CC2CCCC2)C(=O)Nc2nccs2)cc1. The molecule has 1 atom stereocenters. The smallest absolute Gasteiger partial charge is 0.238 e. The van der Waals surface area contributed by atoms with Crippen molar-refractivity contribution in [3.05, 3.63) is 41.4 Å². The molecule has 2 aromatic rings. The molecule has 142 valence electrons. The van der Waals surface area contributed by atoms with Crippen LogP contribution >= 0.6 is 11.3 Å². The Labute approximate surface area is 158 Å². The molecule has 0 bridgehead atoms. The number of anilines is 1. The lowest BCUT2D eigenvalue weighted by molar-refractivity contribution is -0.118. The summed E-state index contributed by atoms with van der Waals surface area (Å²) in [6.45, 7) is 0. The van der Waals surface area contributed by atoms with Gasteiger partial charge in [-0.25, -0.2) is 18.5 Å². The van der Waals surface area contributed by atoms with Crippen LogP contribution in [0, 0.1) is 5.92 Å². The molecular weight excluding hydrogens is 370 g/mol. The first-order valence-electron chi connectivity index (χ1n) is 8.26. The highest BCUT2D eigenvalue weighted by Gasteiger charge is 2.27. The largest absolute Gasteiger partial charge is 0.301 e. The van der Waals surface area contributed by atoms with E-state index in [1.165, 1.54) is 36.3 Å². The topological polar surface area (TPSA) is 102 Å². The number of carbonyl (C=O) groups is 1. The normalized spacial score (nSPS) is 16.0. The number of sulfonamides is 1. The molecule has 0 spiro atoms. The highest BCUT2D eigenvalue weighted by Crippen LogP contribution is 2.35. The van der Waals surface area contributed by atoms with Gasteiger partial charge in [-0.2, -0.15) is 0 Å². The van der Waals surface area contributed by atoms with Crippen LogP contribution in [0.2, 0.25) is 0 Å². The van der Waals surface area contributed by atoms with Crippen LogP contribution in [-0.2, 0) is 14.8 Å². The monoisotopic (exact) mass is 395 g/mol. The van der Waals surface area contributed by atoms with Gasteiger partial charge in [0, 0.05) is 11.6 Å². The van der Waals surface area contributed by atoms with E-state index in [2.05, 4.69) is 10.3 Å². The predicted molar refractivity (Wildman–Crippen MR) is 105 cm³/mol. The number of aromatic nitrogens is 1. The zero-order valence-corrected chi connectivity index (χ0v) is 15.4. The molecule has 1 heterocycles. The number of rotatable bonds is 6. The van der Waals surface area contributed by atoms with Crippen molar-refractivity contribution >= 4 is 32.4 Å². The fourth-order valence-electron chi connectivity index (χ4n) is 3.34. The van der Waals surface area contributed by atoms with Crippen molar-refractivity contribution in [2.24, 2.45) is 11.1 Å². The van der Waals surface area contributed by atoms with E-state index in [0.29, 0.717) is 11.0 Å². The highest BCUT2D eigenvalue weighted by atomic mass is 32.2. The number of amides is 1. The van der Waals surface area contributed by atoms with Crippen molar-refractivity contribution in [1.29, 1.82) is 0 Å². The maximum atomic E-state index is 12.8. The van der Waals surface area contributed by atoms with Crippen LogP contribution in [0.3, 0.4) is 0 Å². The number of hydrogen-bond acceptors (Lipinski definition) is 5. The second kappa shape index (κ2) is 8.75. The lowest BCUT2D eigenvalue weighted by Crippen LogP contribution is -2.23. The van der Waals surface area contributed by atoms with Gasteiger partial charge in [-0.1, -0.05) is 45.2 Å². The molecule has 1 aromatic heterocycles. The van der Waals surface area contributed by atoms with Crippen molar-refractivity contribution in [3.8, 4) is 0 Å². The van der Waals surface area contributed by atoms with Crippen LogP contribution in [0.15, 0.2) is 40.7 Å². The van der Waals surface area contributed by atoms with E-state index in [1.54, 1.807) is 18.3 Å². The molecule has 8 heteroatoms. The van der Waals surface area contributed by atoms with Crippen molar-refractivity contribution in [1.82, 2.24) is 4.98 Å². The third-order valence-corrected chi connectivity index (χ3v) is 6.25. The molecule has 1 aliphatic carbocycles. The molecule has 1 saturated carbocycles. The Morgan fingerprint density at radius 2 is 1.92 bits per heavy atom. The average Bonchev–Trinajstić information content (AvgIpc) is 3.25. The summed E-state index contributed by atoms with van der Waals surface area (Å²) in [6, 6.07) is 6.29. The molecule has 1 fully saturated rings. The Hall–Kier alpha value is -1.77. The number of benzene rings is 1. The van der Waals surface area contributed by atoms with Gasteiger partial charge in [-0.05, 0) is 30.0 Å². The second-order valence-electron chi connectivity index (χ2n) is 6.38. The van der Waals surface area contributed by atoms with Crippen molar-refractivity contribution < 1.29 is 13.2 Å². The second-order valence-corrected chi connectivity index (χ2v) is 8.84. The minimum atomic E-state index is -3.74. The highest BCUT2D eigenvalue weighted by molar-refractivity contribution is 7.89. The maximum Gasteiger partial charge on any atom is 0.238 e. The Morgan fingerprint density at radius 3 is 2.46 bits per heavy atom. The Kier molecular flexibility index (Phi) is 6.91. The molecule has 1 unspecified atom stereocenters.